The van der Waals surface area contributed by atoms with Gasteiger partial charge in [0.15, 0.2) is 0 Å². The Bertz CT molecular complexity index is 483. The molecule has 1 saturated heterocycles. The van der Waals surface area contributed by atoms with Crippen LogP contribution in [0.3, 0.4) is 0 Å². The standard InChI is InChI=1S/C14H23N5O/c1-3-11-17-13(15)10(2)14(18-11)16-7-6-12(20)19-8-4-5-9-19/h3-9H2,1-2H3,(H3,15,16,17,18). The van der Waals surface area contributed by atoms with Gasteiger partial charge in [0.25, 0.3) is 0 Å². The minimum Gasteiger partial charge on any atom is -0.383 e. The molecule has 1 aliphatic heterocycles. The number of hydrogen-bond donors (Lipinski definition) is 2. The molecule has 1 aromatic rings. The van der Waals surface area contributed by atoms with Crippen molar-refractivity contribution in [2.24, 2.45) is 0 Å². The maximum atomic E-state index is 11.9. The zero-order valence-corrected chi connectivity index (χ0v) is 12.3. The summed E-state index contributed by atoms with van der Waals surface area (Å²) in [6.45, 7) is 6.26. The van der Waals surface area contributed by atoms with E-state index in [9.17, 15) is 4.79 Å². The first kappa shape index (κ1) is 14.6. The molecule has 0 aromatic carbocycles. The van der Waals surface area contributed by atoms with Crippen molar-refractivity contribution in [1.82, 2.24) is 14.9 Å². The van der Waals surface area contributed by atoms with Gasteiger partial charge in [-0.05, 0) is 19.8 Å². The summed E-state index contributed by atoms with van der Waals surface area (Å²) >= 11 is 0. The molecule has 3 N–H and O–H groups in total. The quantitative estimate of drug-likeness (QED) is 0.849. The molecule has 0 aliphatic carbocycles. The first-order valence-electron chi connectivity index (χ1n) is 7.26. The predicted molar refractivity (Wildman–Crippen MR) is 79.5 cm³/mol. The fourth-order valence-electron chi connectivity index (χ4n) is 2.32. The van der Waals surface area contributed by atoms with Crippen molar-refractivity contribution in [2.45, 2.75) is 39.5 Å². The van der Waals surface area contributed by atoms with E-state index in [0.29, 0.717) is 18.8 Å². The molecule has 20 heavy (non-hydrogen) atoms. The Morgan fingerprint density at radius 3 is 2.70 bits per heavy atom. The molecule has 0 atom stereocenters. The molecule has 6 heteroatoms. The smallest absolute Gasteiger partial charge is 0.224 e. The van der Waals surface area contributed by atoms with Gasteiger partial charge in [-0.2, -0.15) is 0 Å². The second-order valence-corrected chi connectivity index (χ2v) is 5.12. The molecule has 0 unspecified atom stereocenters. The molecule has 1 fully saturated rings. The molecule has 0 saturated carbocycles. The third-order valence-electron chi connectivity index (χ3n) is 3.64. The fourth-order valence-corrected chi connectivity index (χ4v) is 2.32. The second-order valence-electron chi connectivity index (χ2n) is 5.12. The molecule has 2 heterocycles. The molecule has 1 aromatic heterocycles. The Labute approximate surface area is 119 Å². The number of nitrogens with zero attached hydrogens (tertiary/aromatic N) is 3. The van der Waals surface area contributed by atoms with Crippen molar-refractivity contribution in [1.29, 1.82) is 0 Å². The van der Waals surface area contributed by atoms with Crippen molar-refractivity contribution in [3.8, 4) is 0 Å². The third-order valence-corrected chi connectivity index (χ3v) is 3.64. The van der Waals surface area contributed by atoms with E-state index in [4.69, 9.17) is 5.73 Å². The Kier molecular flexibility index (Phi) is 4.76. The fraction of sp³-hybridized carbons (Fsp3) is 0.643. The van der Waals surface area contributed by atoms with Gasteiger partial charge >= 0.3 is 0 Å². The van der Waals surface area contributed by atoms with E-state index in [1.165, 1.54) is 0 Å². The van der Waals surface area contributed by atoms with E-state index in [1.807, 2.05) is 18.7 Å². The Morgan fingerprint density at radius 1 is 1.35 bits per heavy atom. The van der Waals surface area contributed by atoms with Crippen LogP contribution >= 0.6 is 0 Å². The molecule has 1 aliphatic rings. The van der Waals surface area contributed by atoms with Crippen LogP contribution in [0, 0.1) is 6.92 Å². The van der Waals surface area contributed by atoms with Crippen LogP contribution in [0.4, 0.5) is 11.6 Å². The zero-order chi connectivity index (χ0) is 14.5. The highest BCUT2D eigenvalue weighted by Crippen LogP contribution is 2.17. The number of carbonyl (C=O) groups excluding carboxylic acids is 1. The summed E-state index contributed by atoms with van der Waals surface area (Å²) in [6.07, 6.45) is 3.48. The van der Waals surface area contributed by atoms with Crippen LogP contribution in [0.1, 0.15) is 37.6 Å². The van der Waals surface area contributed by atoms with E-state index >= 15 is 0 Å². The summed E-state index contributed by atoms with van der Waals surface area (Å²) in [6, 6.07) is 0. The Morgan fingerprint density at radius 2 is 2.05 bits per heavy atom. The number of anilines is 2. The maximum absolute atomic E-state index is 11.9. The Hall–Kier alpha value is -1.85. The van der Waals surface area contributed by atoms with Crippen LogP contribution < -0.4 is 11.1 Å². The number of rotatable bonds is 5. The molecule has 0 spiro atoms. The van der Waals surface area contributed by atoms with Crippen molar-refractivity contribution in [3.63, 3.8) is 0 Å². The van der Waals surface area contributed by atoms with Gasteiger partial charge in [-0.1, -0.05) is 6.92 Å². The van der Waals surface area contributed by atoms with E-state index in [1.54, 1.807) is 0 Å². The number of nitrogens with one attached hydrogen (secondary N) is 1. The van der Waals surface area contributed by atoms with Crippen LogP contribution in [0.5, 0.6) is 0 Å². The predicted octanol–water partition coefficient (Wildman–Crippen LogP) is 1.35. The molecule has 1 amide bonds. The van der Waals surface area contributed by atoms with Crippen LogP contribution in [0.15, 0.2) is 0 Å². The molecule has 2 rings (SSSR count). The van der Waals surface area contributed by atoms with Gasteiger partial charge in [0.2, 0.25) is 5.91 Å². The summed E-state index contributed by atoms with van der Waals surface area (Å²) in [5, 5.41) is 3.20. The lowest BCUT2D eigenvalue weighted by molar-refractivity contribution is -0.129. The summed E-state index contributed by atoms with van der Waals surface area (Å²) in [7, 11) is 0. The summed E-state index contributed by atoms with van der Waals surface area (Å²) < 4.78 is 0. The lowest BCUT2D eigenvalue weighted by Gasteiger charge is -2.16. The van der Waals surface area contributed by atoms with Gasteiger partial charge in [-0.3, -0.25) is 4.79 Å². The zero-order valence-electron chi connectivity index (χ0n) is 12.3. The van der Waals surface area contributed by atoms with Gasteiger partial charge in [-0.15, -0.1) is 0 Å². The van der Waals surface area contributed by atoms with E-state index < -0.39 is 0 Å². The van der Waals surface area contributed by atoms with Gasteiger partial charge in [0.05, 0.1) is 0 Å². The maximum Gasteiger partial charge on any atom is 0.224 e. The summed E-state index contributed by atoms with van der Waals surface area (Å²) in [5.41, 5.74) is 6.71. The summed E-state index contributed by atoms with van der Waals surface area (Å²) in [5.74, 6) is 2.18. The van der Waals surface area contributed by atoms with Crippen molar-refractivity contribution >= 4 is 17.5 Å². The molecule has 6 nitrogen and oxygen atoms in total. The van der Waals surface area contributed by atoms with Gasteiger partial charge < -0.3 is 16.0 Å². The molecule has 0 bridgehead atoms. The molecule has 0 radical (unpaired) electrons. The average Bonchev–Trinajstić information content (AvgIpc) is 2.97. The molecule has 110 valence electrons. The third kappa shape index (κ3) is 3.37. The minimum atomic E-state index is 0.213. The molecular formula is C14H23N5O. The topological polar surface area (TPSA) is 84.1 Å². The number of hydrogen-bond acceptors (Lipinski definition) is 5. The number of aryl methyl sites for hydroxylation is 1. The second kappa shape index (κ2) is 6.54. The number of nitrogens with two attached hydrogens (primary N) is 1. The SMILES string of the molecule is CCc1nc(N)c(C)c(NCCC(=O)N2CCCC2)n1. The number of aromatic nitrogens is 2. The van der Waals surface area contributed by atoms with E-state index in [0.717, 1.165) is 49.6 Å². The van der Waals surface area contributed by atoms with Crippen molar-refractivity contribution in [2.75, 3.05) is 30.7 Å². The van der Waals surface area contributed by atoms with Gasteiger partial charge in [0.1, 0.15) is 17.5 Å². The lowest BCUT2D eigenvalue weighted by Crippen LogP contribution is -2.29. The number of carbonyl (C=O) groups is 1. The van der Waals surface area contributed by atoms with E-state index in [-0.39, 0.29) is 5.91 Å². The summed E-state index contributed by atoms with van der Waals surface area (Å²) in [4.78, 5) is 22.5. The van der Waals surface area contributed by atoms with Crippen LogP contribution in [0.2, 0.25) is 0 Å². The monoisotopic (exact) mass is 277 g/mol. The van der Waals surface area contributed by atoms with Crippen LogP contribution in [-0.4, -0.2) is 40.4 Å². The Balaban J connectivity index is 1.90. The largest absolute Gasteiger partial charge is 0.383 e. The highest BCUT2D eigenvalue weighted by molar-refractivity contribution is 5.77. The number of nitrogen functional groups attached to an aromatic ring is 1. The van der Waals surface area contributed by atoms with Crippen LogP contribution in [0.25, 0.3) is 0 Å². The first-order valence-corrected chi connectivity index (χ1v) is 7.26. The number of likely N-dealkylation sites (tertiary alicyclic amines) is 1. The van der Waals surface area contributed by atoms with Crippen molar-refractivity contribution < 1.29 is 4.79 Å². The van der Waals surface area contributed by atoms with Gasteiger partial charge in [-0.25, -0.2) is 9.97 Å². The highest BCUT2D eigenvalue weighted by Gasteiger charge is 2.17. The number of amides is 1. The first-order chi connectivity index (χ1) is 9.61. The molecular weight excluding hydrogens is 254 g/mol. The van der Waals surface area contributed by atoms with E-state index in [2.05, 4.69) is 15.3 Å². The average molecular weight is 277 g/mol. The van der Waals surface area contributed by atoms with Crippen LogP contribution in [-0.2, 0) is 11.2 Å². The van der Waals surface area contributed by atoms with Crippen molar-refractivity contribution in [3.05, 3.63) is 11.4 Å². The highest BCUT2D eigenvalue weighted by atomic mass is 16.2. The van der Waals surface area contributed by atoms with Gasteiger partial charge in [0, 0.05) is 38.0 Å². The minimum absolute atomic E-state index is 0.213. The normalized spacial score (nSPS) is 14.6. The lowest BCUT2D eigenvalue weighted by atomic mass is 10.3.